The molecule has 1 aromatic heterocycles. The Morgan fingerprint density at radius 3 is 2.40 bits per heavy atom. The minimum atomic E-state index is -1.12. The van der Waals surface area contributed by atoms with E-state index in [-0.39, 0.29) is 18.0 Å². The highest BCUT2D eigenvalue weighted by Crippen LogP contribution is 2.27. The van der Waals surface area contributed by atoms with E-state index in [1.165, 1.54) is 18.6 Å². The lowest BCUT2D eigenvalue weighted by Gasteiger charge is -2.30. The number of carbonyl (C=O) groups excluding carboxylic acids is 2. The van der Waals surface area contributed by atoms with Gasteiger partial charge in [-0.3, -0.25) is 14.6 Å². The predicted molar refractivity (Wildman–Crippen MR) is 110 cm³/mol. The molecule has 1 saturated carbocycles. The number of carboxylic acids is 1. The van der Waals surface area contributed by atoms with Crippen LogP contribution in [0.15, 0.2) is 48.9 Å². The minimum Gasteiger partial charge on any atom is -0.480 e. The second-order valence-corrected chi connectivity index (χ2v) is 7.53. The summed E-state index contributed by atoms with van der Waals surface area (Å²) in [4.78, 5) is 45.3. The molecule has 3 N–H and O–H groups in total. The van der Waals surface area contributed by atoms with Gasteiger partial charge < -0.3 is 15.7 Å². The van der Waals surface area contributed by atoms with Gasteiger partial charge >= 0.3 is 5.97 Å². The Labute approximate surface area is 175 Å². The summed E-state index contributed by atoms with van der Waals surface area (Å²) in [7, 11) is 0. The van der Waals surface area contributed by atoms with Crippen molar-refractivity contribution in [2.45, 2.75) is 50.6 Å². The van der Waals surface area contributed by atoms with Crippen LogP contribution in [-0.4, -0.2) is 44.9 Å². The number of carboxylic acid groups (broad SMARTS) is 1. The molecular weight excluding hydrogens is 384 g/mol. The van der Waals surface area contributed by atoms with Gasteiger partial charge in [0.25, 0.3) is 5.91 Å². The lowest BCUT2D eigenvalue weighted by molar-refractivity contribution is -0.142. The second-order valence-electron chi connectivity index (χ2n) is 7.53. The van der Waals surface area contributed by atoms with Gasteiger partial charge in [0.2, 0.25) is 5.91 Å². The molecule has 2 atom stereocenters. The Kier molecular flexibility index (Phi) is 7.48. The van der Waals surface area contributed by atoms with Crippen molar-refractivity contribution in [3.05, 3.63) is 60.2 Å². The number of amides is 2. The van der Waals surface area contributed by atoms with E-state index in [4.69, 9.17) is 0 Å². The molecule has 0 unspecified atom stereocenters. The molecule has 8 nitrogen and oxygen atoms in total. The van der Waals surface area contributed by atoms with Crippen LogP contribution in [0.4, 0.5) is 0 Å². The third-order valence-corrected chi connectivity index (χ3v) is 5.38. The van der Waals surface area contributed by atoms with Gasteiger partial charge in [0, 0.05) is 18.8 Å². The molecule has 1 aliphatic carbocycles. The molecule has 2 amide bonds. The summed E-state index contributed by atoms with van der Waals surface area (Å²) in [6.07, 6.45) is 9.01. The van der Waals surface area contributed by atoms with Crippen molar-refractivity contribution in [2.75, 3.05) is 0 Å². The number of nitrogens with one attached hydrogen (secondary N) is 2. The lowest BCUT2D eigenvalue weighted by atomic mass is 9.83. The molecule has 3 rings (SSSR count). The van der Waals surface area contributed by atoms with Crippen LogP contribution >= 0.6 is 0 Å². The summed E-state index contributed by atoms with van der Waals surface area (Å²) in [6.45, 7) is 0. The number of carbonyl (C=O) groups is 3. The first-order valence-corrected chi connectivity index (χ1v) is 10.2. The van der Waals surface area contributed by atoms with Crippen LogP contribution in [0.2, 0.25) is 0 Å². The first-order chi connectivity index (χ1) is 14.5. The van der Waals surface area contributed by atoms with E-state index in [2.05, 4.69) is 20.6 Å². The Morgan fingerprint density at radius 1 is 1.03 bits per heavy atom. The van der Waals surface area contributed by atoms with Crippen LogP contribution in [0, 0.1) is 5.92 Å². The molecule has 0 radical (unpaired) electrons. The maximum Gasteiger partial charge on any atom is 0.326 e. The molecule has 0 spiro atoms. The van der Waals surface area contributed by atoms with Gasteiger partial charge in [-0.25, -0.2) is 9.78 Å². The standard InChI is InChI=1S/C22H26N4O4/c27-20(18-14-23-11-12-24-18)26-19(16-9-5-2-6-10-16)21(28)25-17(22(29)30)13-15-7-3-1-4-8-15/h1,3-4,7-8,11-12,14,16-17,19H,2,5-6,9-10,13H2,(H,25,28)(H,26,27)(H,29,30)/t17-,19-/m0/s1. The van der Waals surface area contributed by atoms with Gasteiger partial charge in [-0.2, -0.15) is 0 Å². The molecule has 8 heteroatoms. The van der Waals surface area contributed by atoms with Crippen molar-refractivity contribution >= 4 is 17.8 Å². The molecule has 30 heavy (non-hydrogen) atoms. The summed E-state index contributed by atoms with van der Waals surface area (Å²) in [5.74, 6) is -2.15. The quantitative estimate of drug-likeness (QED) is 0.612. The first kappa shape index (κ1) is 21.4. The lowest BCUT2D eigenvalue weighted by Crippen LogP contribution is -2.55. The molecule has 1 heterocycles. The molecule has 0 saturated heterocycles. The van der Waals surface area contributed by atoms with Crippen molar-refractivity contribution in [3.8, 4) is 0 Å². The van der Waals surface area contributed by atoms with Crippen molar-refractivity contribution in [2.24, 2.45) is 5.92 Å². The third kappa shape index (κ3) is 5.85. The third-order valence-electron chi connectivity index (χ3n) is 5.38. The van der Waals surface area contributed by atoms with Gasteiger partial charge in [-0.15, -0.1) is 0 Å². The molecule has 1 aliphatic rings. The molecule has 1 aromatic carbocycles. The monoisotopic (exact) mass is 410 g/mol. The number of aromatic nitrogens is 2. The number of hydrogen-bond donors (Lipinski definition) is 3. The average molecular weight is 410 g/mol. The molecule has 1 fully saturated rings. The second kappa shape index (κ2) is 10.5. The fraction of sp³-hybridized carbons (Fsp3) is 0.409. The molecular formula is C22H26N4O4. The smallest absolute Gasteiger partial charge is 0.326 e. The molecule has 2 aromatic rings. The van der Waals surface area contributed by atoms with E-state index in [0.29, 0.717) is 0 Å². The summed E-state index contributed by atoms with van der Waals surface area (Å²) in [5.41, 5.74) is 0.924. The van der Waals surface area contributed by atoms with Crippen LogP contribution in [0.5, 0.6) is 0 Å². The largest absolute Gasteiger partial charge is 0.480 e. The van der Waals surface area contributed by atoms with Crippen LogP contribution in [0.1, 0.15) is 48.2 Å². The predicted octanol–water partition coefficient (Wildman–Crippen LogP) is 1.97. The Balaban J connectivity index is 1.74. The number of benzene rings is 1. The number of nitrogens with zero attached hydrogens (tertiary/aromatic N) is 2. The van der Waals surface area contributed by atoms with Gasteiger partial charge in [0.05, 0.1) is 6.20 Å². The average Bonchev–Trinajstić information content (AvgIpc) is 2.78. The summed E-state index contributed by atoms with van der Waals surface area (Å²) in [6, 6.07) is 7.22. The normalized spacial score (nSPS) is 16.3. The van der Waals surface area contributed by atoms with Crippen molar-refractivity contribution in [1.29, 1.82) is 0 Å². The van der Waals surface area contributed by atoms with E-state index in [9.17, 15) is 19.5 Å². The zero-order valence-corrected chi connectivity index (χ0v) is 16.7. The fourth-order valence-corrected chi connectivity index (χ4v) is 3.81. The zero-order chi connectivity index (χ0) is 21.3. The van der Waals surface area contributed by atoms with Gasteiger partial charge in [0.1, 0.15) is 17.8 Å². The maximum absolute atomic E-state index is 13.1. The highest BCUT2D eigenvalue weighted by atomic mass is 16.4. The number of aliphatic carboxylic acids is 1. The minimum absolute atomic E-state index is 0.0504. The zero-order valence-electron chi connectivity index (χ0n) is 16.7. The Bertz CT molecular complexity index is 854. The SMILES string of the molecule is O=C(N[C@H](C(=O)N[C@@H](Cc1ccccc1)C(=O)O)C1CCCCC1)c1cnccn1. The highest BCUT2D eigenvalue weighted by molar-refractivity contribution is 5.96. The summed E-state index contributed by atoms with van der Waals surface area (Å²) >= 11 is 0. The van der Waals surface area contributed by atoms with Crippen LogP contribution in [0.25, 0.3) is 0 Å². The molecule has 158 valence electrons. The maximum atomic E-state index is 13.1. The fourth-order valence-electron chi connectivity index (χ4n) is 3.81. The number of hydrogen-bond acceptors (Lipinski definition) is 5. The van der Waals surface area contributed by atoms with Crippen molar-refractivity contribution in [3.63, 3.8) is 0 Å². The van der Waals surface area contributed by atoms with E-state index in [1.54, 1.807) is 0 Å². The Morgan fingerprint density at radius 2 is 1.77 bits per heavy atom. The Hall–Kier alpha value is -3.29. The van der Waals surface area contributed by atoms with Crippen molar-refractivity contribution < 1.29 is 19.5 Å². The highest BCUT2D eigenvalue weighted by Gasteiger charge is 2.33. The van der Waals surface area contributed by atoms with Crippen molar-refractivity contribution in [1.82, 2.24) is 20.6 Å². The van der Waals surface area contributed by atoms with E-state index in [0.717, 1.165) is 37.7 Å². The van der Waals surface area contributed by atoms with Crippen LogP contribution < -0.4 is 10.6 Å². The van der Waals surface area contributed by atoms with Gasteiger partial charge in [-0.05, 0) is 24.3 Å². The van der Waals surface area contributed by atoms with E-state index >= 15 is 0 Å². The number of rotatable bonds is 8. The van der Waals surface area contributed by atoms with Gasteiger partial charge in [-0.1, -0.05) is 49.6 Å². The van der Waals surface area contributed by atoms with Crippen LogP contribution in [-0.2, 0) is 16.0 Å². The molecule has 0 aliphatic heterocycles. The topological polar surface area (TPSA) is 121 Å². The van der Waals surface area contributed by atoms with E-state index in [1.807, 2.05) is 30.3 Å². The summed E-state index contributed by atoms with van der Waals surface area (Å²) in [5, 5.41) is 15.0. The summed E-state index contributed by atoms with van der Waals surface area (Å²) < 4.78 is 0. The van der Waals surface area contributed by atoms with E-state index < -0.39 is 29.9 Å². The van der Waals surface area contributed by atoms with Crippen LogP contribution in [0.3, 0.4) is 0 Å². The van der Waals surface area contributed by atoms with Gasteiger partial charge in [0.15, 0.2) is 0 Å². The first-order valence-electron chi connectivity index (χ1n) is 10.2. The molecule has 0 bridgehead atoms.